The number of benzene rings is 11. The van der Waals surface area contributed by atoms with Gasteiger partial charge in [-0.15, -0.1) is 0 Å². The first-order chi connectivity index (χ1) is 33.8. The van der Waals surface area contributed by atoms with Gasteiger partial charge in [0.1, 0.15) is 0 Å². The number of rotatable bonds is 7. The highest BCUT2D eigenvalue weighted by Crippen LogP contribution is 2.67. The average Bonchev–Trinajstić information content (AvgIpc) is 4.02. The first-order valence-corrected chi connectivity index (χ1v) is 23.5. The van der Waals surface area contributed by atoms with E-state index in [9.17, 15) is 0 Å². The van der Waals surface area contributed by atoms with Crippen LogP contribution in [-0.4, -0.2) is 4.57 Å². The number of fused-ring (bicyclic) bond motifs is 14. The molecule has 0 saturated heterocycles. The lowest BCUT2D eigenvalue weighted by atomic mass is 9.70. The lowest BCUT2D eigenvalue weighted by molar-refractivity contribution is 0.793. The minimum Gasteiger partial charge on any atom is -0.310 e. The molecule has 0 saturated carbocycles. The maximum Gasteiger partial charge on any atom is 0.0746 e. The van der Waals surface area contributed by atoms with Crippen molar-refractivity contribution in [3.63, 3.8) is 0 Å². The zero-order valence-electron chi connectivity index (χ0n) is 37.2. The topological polar surface area (TPSA) is 11.4 Å². The molecule has 12 aromatic rings. The van der Waals surface area contributed by atoms with E-state index in [1.807, 2.05) is 0 Å². The van der Waals surface area contributed by atoms with Gasteiger partial charge >= 0.3 is 0 Å². The molecule has 1 aromatic heterocycles. The summed E-state index contributed by atoms with van der Waals surface area (Å²) in [5.41, 5.74) is 19.7. The molecule has 1 atom stereocenters. The Labute approximate surface area is 395 Å². The number of anilines is 6. The quantitative estimate of drug-likeness (QED) is 0.158. The summed E-state index contributed by atoms with van der Waals surface area (Å²) in [5.74, 6) is 0. The van der Waals surface area contributed by atoms with Gasteiger partial charge in [0, 0.05) is 50.0 Å². The fourth-order valence-electron chi connectivity index (χ4n) is 11.9. The van der Waals surface area contributed by atoms with Gasteiger partial charge in [0.25, 0.3) is 0 Å². The van der Waals surface area contributed by atoms with E-state index in [0.29, 0.717) is 0 Å². The zero-order chi connectivity index (χ0) is 44.8. The molecule has 0 amide bonds. The summed E-state index contributed by atoms with van der Waals surface area (Å²) in [6.07, 6.45) is 0. The third-order valence-corrected chi connectivity index (χ3v) is 14.5. The Hall–Kier alpha value is -8.92. The minimum atomic E-state index is -0.657. The molecule has 0 fully saturated rings. The molecule has 3 nitrogen and oxygen atoms in total. The molecule has 2 aliphatic rings. The zero-order valence-corrected chi connectivity index (χ0v) is 37.2. The van der Waals surface area contributed by atoms with Gasteiger partial charge in [0.2, 0.25) is 0 Å². The fraction of sp³-hybridized carbons (Fsp3) is 0.0154. The Morgan fingerprint density at radius 2 is 0.838 bits per heavy atom. The van der Waals surface area contributed by atoms with Crippen molar-refractivity contribution in [2.24, 2.45) is 0 Å². The van der Waals surface area contributed by atoms with Gasteiger partial charge < -0.3 is 14.4 Å². The Balaban J connectivity index is 1.10. The molecule has 0 N–H and O–H groups in total. The van der Waals surface area contributed by atoms with Crippen LogP contribution in [0.4, 0.5) is 34.1 Å². The van der Waals surface area contributed by atoms with E-state index in [1.54, 1.807) is 0 Å². The number of nitrogens with zero attached hydrogens (tertiary/aromatic N) is 3. The normalized spacial score (nSPS) is 14.2. The van der Waals surface area contributed by atoms with Crippen LogP contribution < -0.4 is 9.80 Å². The summed E-state index contributed by atoms with van der Waals surface area (Å²) in [6, 6.07) is 96.2. The number of hydrogen-bond acceptors (Lipinski definition) is 2. The Morgan fingerprint density at radius 3 is 1.62 bits per heavy atom. The molecule has 14 rings (SSSR count). The second-order valence-electron chi connectivity index (χ2n) is 18.0. The van der Waals surface area contributed by atoms with E-state index in [-0.39, 0.29) is 0 Å². The van der Waals surface area contributed by atoms with Crippen molar-refractivity contribution in [2.45, 2.75) is 5.41 Å². The van der Waals surface area contributed by atoms with E-state index < -0.39 is 5.41 Å². The van der Waals surface area contributed by atoms with Crippen molar-refractivity contribution in [1.82, 2.24) is 4.57 Å². The lowest BCUT2D eigenvalue weighted by Gasteiger charge is -2.36. The van der Waals surface area contributed by atoms with Crippen LogP contribution in [0.1, 0.15) is 22.3 Å². The van der Waals surface area contributed by atoms with E-state index in [4.69, 9.17) is 0 Å². The first-order valence-electron chi connectivity index (χ1n) is 23.5. The minimum absolute atomic E-state index is 0.657. The van der Waals surface area contributed by atoms with Crippen molar-refractivity contribution in [3.8, 4) is 27.9 Å². The second kappa shape index (κ2) is 15.1. The van der Waals surface area contributed by atoms with Crippen molar-refractivity contribution in [2.75, 3.05) is 9.80 Å². The van der Waals surface area contributed by atoms with Crippen LogP contribution in [0.25, 0.3) is 60.5 Å². The van der Waals surface area contributed by atoms with E-state index >= 15 is 0 Å². The van der Waals surface area contributed by atoms with Gasteiger partial charge in [-0.3, -0.25) is 0 Å². The molecule has 1 unspecified atom stereocenters. The molecule has 2 aliphatic carbocycles. The summed E-state index contributed by atoms with van der Waals surface area (Å²) >= 11 is 0. The smallest absolute Gasteiger partial charge is 0.0746 e. The highest BCUT2D eigenvalue weighted by molar-refractivity contribution is 6.12. The van der Waals surface area contributed by atoms with Crippen LogP contribution in [0, 0.1) is 0 Å². The van der Waals surface area contributed by atoms with Crippen molar-refractivity contribution in [3.05, 3.63) is 283 Å². The van der Waals surface area contributed by atoms with Crippen LogP contribution in [0.2, 0.25) is 0 Å². The van der Waals surface area contributed by atoms with E-state index in [0.717, 1.165) is 45.3 Å². The summed E-state index contributed by atoms with van der Waals surface area (Å²) in [6.45, 7) is 0. The van der Waals surface area contributed by atoms with Gasteiger partial charge in [-0.2, -0.15) is 0 Å². The van der Waals surface area contributed by atoms with Gasteiger partial charge in [-0.25, -0.2) is 0 Å². The molecule has 0 aliphatic heterocycles. The molecular formula is C65H43N3. The lowest BCUT2D eigenvalue weighted by Crippen LogP contribution is -2.28. The molecule has 68 heavy (non-hydrogen) atoms. The number of hydrogen-bond donors (Lipinski definition) is 0. The van der Waals surface area contributed by atoms with Crippen LogP contribution in [-0.2, 0) is 5.41 Å². The molecule has 3 heteroatoms. The molecule has 11 aromatic carbocycles. The molecule has 318 valence electrons. The molecular weight excluding hydrogens is 823 g/mol. The number of para-hydroxylation sites is 4. The van der Waals surface area contributed by atoms with Crippen molar-refractivity contribution in [1.29, 1.82) is 0 Å². The van der Waals surface area contributed by atoms with Crippen molar-refractivity contribution >= 4 is 66.7 Å². The summed E-state index contributed by atoms with van der Waals surface area (Å²) in [4.78, 5) is 5.00. The summed E-state index contributed by atoms with van der Waals surface area (Å²) in [7, 11) is 0. The monoisotopic (exact) mass is 865 g/mol. The van der Waals surface area contributed by atoms with E-state index in [1.165, 1.54) is 71.6 Å². The van der Waals surface area contributed by atoms with Gasteiger partial charge in [0.05, 0.1) is 33.5 Å². The predicted octanol–water partition coefficient (Wildman–Crippen LogP) is 17.2. The standard InChI is InChI=1S/C65H43N3/c1-4-23-45(24-5-1)66(46-25-6-2-7-26-46)60-39-20-36-57-63(60)54-32-13-16-35-56(54)65(57)55-34-15-12-30-50(55)53-33-19-40-61(64(53)65)68(58-38-18-22-44-21-10-11-29-49(44)58)48-41-42-52-51-31-14-17-37-59(51)67(62(52)43-48)47-27-8-3-9-28-47/h1-43H. The number of aromatic nitrogens is 1. The third-order valence-electron chi connectivity index (χ3n) is 14.5. The van der Waals surface area contributed by atoms with Gasteiger partial charge in [-0.1, -0.05) is 188 Å². The predicted molar refractivity (Wildman–Crippen MR) is 284 cm³/mol. The Kier molecular flexibility index (Phi) is 8.50. The van der Waals surface area contributed by atoms with Crippen LogP contribution in [0.3, 0.4) is 0 Å². The summed E-state index contributed by atoms with van der Waals surface area (Å²) in [5, 5.41) is 4.85. The molecule has 0 bridgehead atoms. The molecule has 1 heterocycles. The highest BCUT2D eigenvalue weighted by atomic mass is 15.2. The van der Waals surface area contributed by atoms with Gasteiger partial charge in [0.15, 0.2) is 0 Å². The molecule has 1 spiro atoms. The molecule has 0 radical (unpaired) electrons. The first kappa shape index (κ1) is 38.4. The third kappa shape index (κ3) is 5.41. The second-order valence-corrected chi connectivity index (χ2v) is 18.0. The highest BCUT2D eigenvalue weighted by Gasteiger charge is 2.54. The largest absolute Gasteiger partial charge is 0.310 e. The maximum atomic E-state index is 2.56. The maximum absolute atomic E-state index is 2.56. The van der Waals surface area contributed by atoms with Crippen LogP contribution >= 0.6 is 0 Å². The Bertz CT molecular complexity index is 3880. The van der Waals surface area contributed by atoms with E-state index in [2.05, 4.69) is 275 Å². The SMILES string of the molecule is c1ccc(N(c2ccccc2)c2cccc3c2-c2ccccc2C32c3ccccc3-c3cccc(N(c4ccc5c6ccccc6n(-c6ccccc6)c5c4)c4cccc5ccccc45)c32)cc1. The summed E-state index contributed by atoms with van der Waals surface area (Å²) < 4.78 is 2.43. The van der Waals surface area contributed by atoms with Gasteiger partial charge in [-0.05, 0) is 112 Å². The van der Waals surface area contributed by atoms with Crippen LogP contribution in [0.5, 0.6) is 0 Å². The fourth-order valence-corrected chi connectivity index (χ4v) is 11.9. The Morgan fingerprint density at radius 1 is 0.309 bits per heavy atom. The van der Waals surface area contributed by atoms with Crippen molar-refractivity contribution < 1.29 is 0 Å². The van der Waals surface area contributed by atoms with Crippen LogP contribution in [0.15, 0.2) is 261 Å². The average molecular weight is 866 g/mol.